The van der Waals surface area contributed by atoms with Crippen molar-refractivity contribution in [3.05, 3.63) is 89.2 Å². The highest BCUT2D eigenvalue weighted by atomic mass is 35.5. The second-order valence-electron chi connectivity index (χ2n) is 8.01. The Balaban J connectivity index is 1.61. The lowest BCUT2D eigenvalue weighted by Crippen LogP contribution is -2.05. The molecule has 0 unspecified atom stereocenters. The number of nitriles is 1. The Morgan fingerprint density at radius 3 is 2.36 bits per heavy atom. The third-order valence-corrected chi connectivity index (χ3v) is 6.83. The summed E-state index contributed by atoms with van der Waals surface area (Å²) in [6.45, 7) is 0. The van der Waals surface area contributed by atoms with Crippen molar-refractivity contribution in [1.82, 2.24) is 29.9 Å². The van der Waals surface area contributed by atoms with Gasteiger partial charge >= 0.3 is 0 Å². The van der Waals surface area contributed by atoms with Gasteiger partial charge in [-0.2, -0.15) is 14.0 Å². The van der Waals surface area contributed by atoms with Gasteiger partial charge in [-0.15, -0.1) is 20.4 Å². The number of rotatable bonds is 6. The van der Waals surface area contributed by atoms with Crippen LogP contribution in [0.3, 0.4) is 0 Å². The van der Waals surface area contributed by atoms with Crippen molar-refractivity contribution in [2.75, 3.05) is 6.26 Å². The van der Waals surface area contributed by atoms with Gasteiger partial charge in [0, 0.05) is 18.0 Å². The third kappa shape index (κ3) is 5.02. The fourth-order valence-corrected chi connectivity index (χ4v) is 4.27. The van der Waals surface area contributed by atoms with E-state index in [2.05, 4.69) is 25.4 Å². The molecule has 10 nitrogen and oxygen atoms in total. The average Bonchev–Trinajstić information content (AvgIpc) is 3.60. The molecule has 194 valence electrons. The molecule has 0 saturated heterocycles. The number of halogens is 3. The largest absolute Gasteiger partial charge is 0.414 e. The zero-order chi connectivity index (χ0) is 27.7. The van der Waals surface area contributed by atoms with Crippen LogP contribution < -0.4 is 0 Å². The zero-order valence-corrected chi connectivity index (χ0v) is 21.3. The summed E-state index contributed by atoms with van der Waals surface area (Å²) < 4.78 is 61.0. The van der Waals surface area contributed by atoms with Crippen LogP contribution in [0, 0.1) is 11.3 Å². The predicted octanol–water partition coefficient (Wildman–Crippen LogP) is 5.07. The molecule has 0 bridgehead atoms. The van der Waals surface area contributed by atoms with Crippen LogP contribution in [0.5, 0.6) is 0 Å². The van der Waals surface area contributed by atoms with E-state index in [4.69, 9.17) is 21.3 Å². The Bertz CT molecular complexity index is 1880. The minimum absolute atomic E-state index is 0.0371. The zero-order valence-electron chi connectivity index (χ0n) is 19.7. The predicted molar refractivity (Wildman–Crippen MR) is 136 cm³/mol. The van der Waals surface area contributed by atoms with Crippen molar-refractivity contribution < 1.29 is 21.6 Å². The van der Waals surface area contributed by atoms with Crippen LogP contribution in [-0.4, -0.2) is 44.6 Å². The van der Waals surface area contributed by atoms with Crippen LogP contribution in [0.4, 0.5) is 8.78 Å². The molecule has 0 atom stereocenters. The Morgan fingerprint density at radius 1 is 0.974 bits per heavy atom. The minimum atomic E-state index is -3.52. The Morgan fingerprint density at radius 2 is 1.72 bits per heavy atom. The molecule has 0 radical (unpaired) electrons. The van der Waals surface area contributed by atoms with Crippen molar-refractivity contribution in [1.29, 1.82) is 5.26 Å². The standard InChI is InChI=1S/C25H14ClF2N7O3S/c1-39(36,37)16-10-11-18(30-13-16)22-31-32-23(35(22)19-5-3-2-4-17(19)26)20(27)21(28)25-34-33-24(38-25)15-8-6-14(12-29)7-9-15/h2-11,13H,1H3/b21-20+. The van der Waals surface area contributed by atoms with Crippen molar-refractivity contribution in [3.63, 3.8) is 0 Å². The molecule has 39 heavy (non-hydrogen) atoms. The summed E-state index contributed by atoms with van der Waals surface area (Å²) >= 11 is 6.36. The molecule has 3 heterocycles. The topological polar surface area (TPSA) is 140 Å². The maximum atomic E-state index is 15.6. The van der Waals surface area contributed by atoms with Crippen LogP contribution in [0.15, 0.2) is 76.2 Å². The molecular formula is C25H14ClF2N7O3S. The molecule has 0 saturated carbocycles. The van der Waals surface area contributed by atoms with Crippen molar-refractivity contribution in [2.45, 2.75) is 4.90 Å². The van der Waals surface area contributed by atoms with E-state index < -0.39 is 33.2 Å². The van der Waals surface area contributed by atoms with Gasteiger partial charge in [-0.1, -0.05) is 23.7 Å². The van der Waals surface area contributed by atoms with E-state index in [0.717, 1.165) is 17.0 Å². The van der Waals surface area contributed by atoms with Gasteiger partial charge in [0.05, 0.1) is 27.2 Å². The molecule has 5 aromatic rings. The fraction of sp³-hybridized carbons (Fsp3) is 0.0400. The first-order chi connectivity index (χ1) is 18.7. The second kappa shape index (κ2) is 10.2. The lowest BCUT2D eigenvalue weighted by Gasteiger charge is -2.11. The van der Waals surface area contributed by atoms with E-state index in [1.165, 1.54) is 48.5 Å². The van der Waals surface area contributed by atoms with Crippen molar-refractivity contribution in [3.8, 4) is 34.7 Å². The molecule has 0 aliphatic rings. The molecule has 14 heteroatoms. The van der Waals surface area contributed by atoms with Gasteiger partial charge < -0.3 is 4.42 Å². The van der Waals surface area contributed by atoms with Crippen molar-refractivity contribution in [2.24, 2.45) is 0 Å². The van der Waals surface area contributed by atoms with Gasteiger partial charge in [0.25, 0.3) is 5.89 Å². The molecule has 0 amide bonds. The highest BCUT2D eigenvalue weighted by Gasteiger charge is 2.27. The summed E-state index contributed by atoms with van der Waals surface area (Å²) in [6.07, 6.45) is 2.15. The summed E-state index contributed by atoms with van der Waals surface area (Å²) in [5.74, 6) is -4.45. The number of hydrogen-bond acceptors (Lipinski definition) is 9. The lowest BCUT2D eigenvalue weighted by molar-refractivity contribution is 0.526. The van der Waals surface area contributed by atoms with Gasteiger partial charge in [0.2, 0.25) is 23.4 Å². The number of nitrogens with zero attached hydrogens (tertiary/aromatic N) is 7. The summed E-state index contributed by atoms with van der Waals surface area (Å²) in [6, 6.07) is 17.0. The van der Waals surface area contributed by atoms with E-state index in [-0.39, 0.29) is 33.0 Å². The lowest BCUT2D eigenvalue weighted by atomic mass is 10.1. The molecule has 0 aliphatic heterocycles. The number of sulfone groups is 1. The highest BCUT2D eigenvalue weighted by Crippen LogP contribution is 2.34. The molecular weight excluding hydrogens is 552 g/mol. The van der Waals surface area contributed by atoms with Crippen LogP contribution in [0.1, 0.15) is 17.3 Å². The molecule has 0 N–H and O–H groups in total. The minimum Gasteiger partial charge on any atom is -0.414 e. The first kappa shape index (κ1) is 25.8. The molecule has 2 aromatic carbocycles. The van der Waals surface area contributed by atoms with Gasteiger partial charge in [0.15, 0.2) is 15.7 Å². The first-order valence-electron chi connectivity index (χ1n) is 10.9. The van der Waals surface area contributed by atoms with Gasteiger partial charge in [0.1, 0.15) is 5.69 Å². The van der Waals surface area contributed by atoms with Gasteiger partial charge in [-0.25, -0.2) is 8.42 Å². The number of benzene rings is 2. The molecule has 0 spiro atoms. The average molecular weight is 566 g/mol. The summed E-state index contributed by atoms with van der Waals surface area (Å²) in [7, 11) is -3.52. The van der Waals surface area contributed by atoms with Crippen molar-refractivity contribution >= 4 is 33.1 Å². The summed E-state index contributed by atoms with van der Waals surface area (Å²) in [4.78, 5) is 4.08. The Hall–Kier alpha value is -4.80. The molecule has 5 rings (SSSR count). The van der Waals surface area contributed by atoms with E-state index in [1.807, 2.05) is 6.07 Å². The van der Waals surface area contributed by atoms with E-state index in [0.29, 0.717) is 11.1 Å². The first-order valence-corrected chi connectivity index (χ1v) is 13.2. The SMILES string of the molecule is CS(=O)(=O)c1ccc(-c2nnc(/C(F)=C(\F)c3nnc(-c4ccc(C#N)cc4)o3)n2-c2ccccc2Cl)nc1. The normalized spacial score (nSPS) is 12.2. The Kier molecular flexibility index (Phi) is 6.73. The number of hydrogen-bond donors (Lipinski definition) is 0. The fourth-order valence-electron chi connectivity index (χ4n) is 3.49. The molecule has 0 aliphatic carbocycles. The van der Waals surface area contributed by atoms with E-state index in [1.54, 1.807) is 12.1 Å². The number of aromatic nitrogens is 6. The van der Waals surface area contributed by atoms with Gasteiger partial charge in [-0.3, -0.25) is 9.55 Å². The van der Waals surface area contributed by atoms with E-state index >= 15 is 8.78 Å². The monoisotopic (exact) mass is 565 g/mol. The maximum absolute atomic E-state index is 15.6. The molecule has 3 aromatic heterocycles. The quantitative estimate of drug-likeness (QED) is 0.276. The maximum Gasteiger partial charge on any atom is 0.280 e. The Labute approximate surface area is 224 Å². The van der Waals surface area contributed by atoms with Gasteiger partial charge in [-0.05, 0) is 48.5 Å². The summed E-state index contributed by atoms with van der Waals surface area (Å²) in [5.41, 5.74) is 1.11. The second-order valence-corrected chi connectivity index (χ2v) is 10.4. The van der Waals surface area contributed by atoms with Crippen LogP contribution >= 0.6 is 11.6 Å². The van der Waals surface area contributed by atoms with Crippen LogP contribution in [0.2, 0.25) is 5.02 Å². The van der Waals surface area contributed by atoms with E-state index in [9.17, 15) is 8.42 Å². The number of pyridine rings is 1. The third-order valence-electron chi connectivity index (χ3n) is 5.41. The summed E-state index contributed by atoms with van der Waals surface area (Å²) in [5, 5.41) is 24.2. The molecule has 0 fully saturated rings. The smallest absolute Gasteiger partial charge is 0.280 e. The van der Waals surface area contributed by atoms with Crippen LogP contribution in [-0.2, 0) is 9.84 Å². The number of para-hydroxylation sites is 1. The van der Waals surface area contributed by atoms with Crippen LogP contribution in [0.25, 0.3) is 40.3 Å². The highest BCUT2D eigenvalue weighted by molar-refractivity contribution is 7.90.